The van der Waals surface area contributed by atoms with Crippen molar-refractivity contribution in [1.29, 1.82) is 0 Å². The van der Waals surface area contributed by atoms with Gasteiger partial charge in [-0.3, -0.25) is 4.79 Å². The van der Waals surface area contributed by atoms with E-state index < -0.39 is 0 Å². The maximum Gasteiger partial charge on any atom is 0.224 e. The number of hydrogen-bond acceptors (Lipinski definition) is 2. The number of amides is 1. The lowest BCUT2D eigenvalue weighted by molar-refractivity contribution is -0.121. The van der Waals surface area contributed by atoms with Gasteiger partial charge in [-0.1, -0.05) is 13.3 Å². The van der Waals surface area contributed by atoms with Gasteiger partial charge in [0.05, 0.1) is 12.7 Å². The van der Waals surface area contributed by atoms with Gasteiger partial charge < -0.3 is 9.73 Å². The molecule has 0 saturated heterocycles. The van der Waals surface area contributed by atoms with Gasteiger partial charge in [0.1, 0.15) is 5.58 Å². The van der Waals surface area contributed by atoms with Gasteiger partial charge in [-0.15, -0.1) is 0 Å². The van der Waals surface area contributed by atoms with Crippen LogP contribution < -0.4 is 5.32 Å². The normalized spacial score (nSPS) is 15.1. The fourth-order valence-electron chi connectivity index (χ4n) is 3.29. The van der Waals surface area contributed by atoms with Gasteiger partial charge in [0.2, 0.25) is 5.91 Å². The fourth-order valence-corrected chi connectivity index (χ4v) is 3.29. The number of carbonyl (C=O) groups excluding carboxylic acids is 1. The molecule has 1 aliphatic carbocycles. The second-order valence-electron chi connectivity index (χ2n) is 6.17. The highest BCUT2D eigenvalue weighted by Crippen LogP contribution is 2.30. The Kier molecular flexibility index (Phi) is 4.00. The predicted molar refractivity (Wildman–Crippen MR) is 84.5 cm³/mol. The van der Waals surface area contributed by atoms with Crippen molar-refractivity contribution in [3.05, 3.63) is 35.1 Å². The second kappa shape index (κ2) is 5.92. The number of fused-ring (bicyclic) bond motifs is 2. The molecule has 0 spiro atoms. The molecule has 1 aliphatic rings. The predicted octanol–water partition coefficient (Wildman–Crippen LogP) is 3.77. The Balaban J connectivity index is 1.77. The van der Waals surface area contributed by atoms with Crippen molar-refractivity contribution in [3.8, 4) is 0 Å². The van der Waals surface area contributed by atoms with E-state index >= 15 is 0 Å². The van der Waals surface area contributed by atoms with Crippen LogP contribution in [0.2, 0.25) is 0 Å². The third-order valence-corrected chi connectivity index (χ3v) is 4.35. The van der Waals surface area contributed by atoms with Gasteiger partial charge in [-0.05, 0) is 55.9 Å². The van der Waals surface area contributed by atoms with Crippen molar-refractivity contribution in [2.24, 2.45) is 0 Å². The van der Waals surface area contributed by atoms with Crippen molar-refractivity contribution >= 4 is 16.9 Å². The highest BCUT2D eigenvalue weighted by Gasteiger charge is 2.17. The first-order chi connectivity index (χ1) is 10.2. The molecule has 0 bridgehead atoms. The third kappa shape index (κ3) is 2.97. The minimum absolute atomic E-state index is 0.0825. The van der Waals surface area contributed by atoms with Crippen LogP contribution in [0.3, 0.4) is 0 Å². The van der Waals surface area contributed by atoms with Crippen LogP contribution >= 0.6 is 0 Å². The molecule has 3 rings (SSSR count). The molecule has 3 nitrogen and oxygen atoms in total. The van der Waals surface area contributed by atoms with E-state index in [1.807, 2.05) is 0 Å². The quantitative estimate of drug-likeness (QED) is 0.908. The monoisotopic (exact) mass is 285 g/mol. The van der Waals surface area contributed by atoms with Gasteiger partial charge >= 0.3 is 0 Å². The molecule has 21 heavy (non-hydrogen) atoms. The highest BCUT2D eigenvalue weighted by molar-refractivity contribution is 5.88. The van der Waals surface area contributed by atoms with Crippen LogP contribution in [0, 0.1) is 0 Å². The smallest absolute Gasteiger partial charge is 0.224 e. The summed E-state index contributed by atoms with van der Waals surface area (Å²) in [4.78, 5) is 12.1. The van der Waals surface area contributed by atoms with Gasteiger partial charge in [0.25, 0.3) is 0 Å². The Bertz CT molecular complexity index is 657. The largest absolute Gasteiger partial charge is 0.464 e. The van der Waals surface area contributed by atoms with E-state index in [9.17, 15) is 4.79 Å². The van der Waals surface area contributed by atoms with Crippen molar-refractivity contribution in [1.82, 2.24) is 5.32 Å². The van der Waals surface area contributed by atoms with Crippen LogP contribution in [0.15, 0.2) is 22.8 Å². The Morgan fingerprint density at radius 1 is 1.33 bits per heavy atom. The maximum atomic E-state index is 12.1. The molecule has 1 unspecified atom stereocenters. The summed E-state index contributed by atoms with van der Waals surface area (Å²) < 4.78 is 5.65. The first kappa shape index (κ1) is 14.2. The van der Waals surface area contributed by atoms with E-state index in [2.05, 4.69) is 31.3 Å². The zero-order chi connectivity index (χ0) is 14.8. The van der Waals surface area contributed by atoms with E-state index in [4.69, 9.17) is 4.42 Å². The average Bonchev–Trinajstić information content (AvgIpc) is 3.03. The minimum Gasteiger partial charge on any atom is -0.464 e. The molecule has 0 aliphatic heterocycles. The summed E-state index contributed by atoms with van der Waals surface area (Å²) in [5.41, 5.74) is 4.75. The van der Waals surface area contributed by atoms with Gasteiger partial charge in [0, 0.05) is 17.0 Å². The maximum absolute atomic E-state index is 12.1. The van der Waals surface area contributed by atoms with Crippen molar-refractivity contribution in [3.63, 3.8) is 0 Å². The number of aryl methyl sites for hydroxylation is 2. The highest BCUT2D eigenvalue weighted by atomic mass is 16.3. The SMILES string of the molecule is CCCC(C)NC(=O)Cc1coc2cc3c(cc12)CCC3. The number of hydrogen-bond donors (Lipinski definition) is 1. The number of nitrogens with one attached hydrogen (secondary N) is 1. The van der Waals surface area contributed by atoms with E-state index in [-0.39, 0.29) is 11.9 Å². The van der Waals surface area contributed by atoms with Crippen molar-refractivity contribution < 1.29 is 9.21 Å². The molecule has 0 fully saturated rings. The zero-order valence-corrected chi connectivity index (χ0v) is 12.9. The number of furan rings is 1. The summed E-state index contributed by atoms with van der Waals surface area (Å²) in [5.74, 6) is 0.0825. The summed E-state index contributed by atoms with van der Waals surface area (Å²) in [5, 5.41) is 4.16. The zero-order valence-electron chi connectivity index (χ0n) is 12.9. The summed E-state index contributed by atoms with van der Waals surface area (Å²) in [6.45, 7) is 4.19. The first-order valence-electron chi connectivity index (χ1n) is 7.98. The van der Waals surface area contributed by atoms with Crippen molar-refractivity contribution in [2.45, 2.75) is 58.4 Å². The lowest BCUT2D eigenvalue weighted by atomic mass is 10.0. The molecule has 2 aromatic rings. The molecule has 1 N–H and O–H groups in total. The Hall–Kier alpha value is -1.77. The molecule has 1 aromatic heterocycles. The molecule has 3 heteroatoms. The lowest BCUT2D eigenvalue weighted by Crippen LogP contribution is -2.33. The van der Waals surface area contributed by atoms with Crippen LogP contribution in [-0.2, 0) is 24.1 Å². The molecular weight excluding hydrogens is 262 g/mol. The van der Waals surface area contributed by atoms with Gasteiger partial charge in [-0.2, -0.15) is 0 Å². The number of benzene rings is 1. The van der Waals surface area contributed by atoms with Crippen LogP contribution in [0.1, 0.15) is 49.8 Å². The van der Waals surface area contributed by atoms with Crippen molar-refractivity contribution in [2.75, 3.05) is 0 Å². The van der Waals surface area contributed by atoms with Gasteiger partial charge in [0.15, 0.2) is 0 Å². The summed E-state index contributed by atoms with van der Waals surface area (Å²) in [6.07, 6.45) is 7.77. The number of rotatable bonds is 5. The minimum atomic E-state index is 0.0825. The second-order valence-corrected chi connectivity index (χ2v) is 6.17. The van der Waals surface area contributed by atoms with Crippen LogP contribution in [-0.4, -0.2) is 11.9 Å². The Morgan fingerprint density at radius 2 is 2.10 bits per heavy atom. The molecule has 1 aromatic carbocycles. The number of carbonyl (C=O) groups is 1. The molecule has 1 atom stereocenters. The standard InChI is InChI=1S/C18H23NO2/c1-3-5-12(2)19-18(20)10-15-11-21-17-9-14-7-4-6-13(14)8-16(15)17/h8-9,11-12H,3-7,10H2,1-2H3,(H,19,20). The third-order valence-electron chi connectivity index (χ3n) is 4.35. The average molecular weight is 285 g/mol. The topological polar surface area (TPSA) is 42.2 Å². The molecule has 1 heterocycles. The fraction of sp³-hybridized carbons (Fsp3) is 0.500. The summed E-state index contributed by atoms with van der Waals surface area (Å²) in [6, 6.07) is 4.61. The Morgan fingerprint density at radius 3 is 2.86 bits per heavy atom. The van der Waals surface area contributed by atoms with E-state index in [1.54, 1.807) is 6.26 Å². The lowest BCUT2D eigenvalue weighted by Gasteiger charge is -2.12. The molecule has 0 radical (unpaired) electrons. The molecule has 0 saturated carbocycles. The van der Waals surface area contributed by atoms with E-state index in [0.717, 1.165) is 42.2 Å². The summed E-state index contributed by atoms with van der Waals surface area (Å²) >= 11 is 0. The van der Waals surface area contributed by atoms with Crippen LogP contribution in [0.5, 0.6) is 0 Å². The van der Waals surface area contributed by atoms with Gasteiger partial charge in [-0.25, -0.2) is 0 Å². The molecule has 1 amide bonds. The Labute approximate surface area is 125 Å². The molecule has 112 valence electrons. The summed E-state index contributed by atoms with van der Waals surface area (Å²) in [7, 11) is 0. The van der Waals surface area contributed by atoms with Crippen LogP contribution in [0.4, 0.5) is 0 Å². The van der Waals surface area contributed by atoms with E-state index in [0.29, 0.717) is 6.42 Å². The van der Waals surface area contributed by atoms with Crippen LogP contribution in [0.25, 0.3) is 11.0 Å². The first-order valence-corrected chi connectivity index (χ1v) is 7.98. The molecular formula is C18H23NO2. The van der Waals surface area contributed by atoms with E-state index in [1.165, 1.54) is 17.5 Å².